The van der Waals surface area contributed by atoms with E-state index in [0.717, 1.165) is 19.1 Å². The molecule has 0 bridgehead atoms. The Morgan fingerprint density at radius 2 is 2.06 bits per heavy atom. The predicted octanol–water partition coefficient (Wildman–Crippen LogP) is 1.52. The molecule has 16 heavy (non-hydrogen) atoms. The van der Waals surface area contributed by atoms with Crippen LogP contribution in [0.15, 0.2) is 0 Å². The van der Waals surface area contributed by atoms with Gasteiger partial charge in [0.2, 0.25) is 0 Å². The first kappa shape index (κ1) is 14.2. The summed E-state index contributed by atoms with van der Waals surface area (Å²) in [5.41, 5.74) is 0. The van der Waals surface area contributed by atoms with E-state index in [2.05, 4.69) is 17.1 Å². The molecule has 2 saturated heterocycles. The van der Waals surface area contributed by atoms with Crippen LogP contribution in [0, 0.1) is 5.92 Å². The van der Waals surface area contributed by atoms with Gasteiger partial charge in [-0.1, -0.05) is 0 Å². The monoisotopic (exact) mass is 248 g/mol. The molecule has 1 N–H and O–H groups in total. The standard InChI is InChI=1S/C12H24N2O.ClH/c1-11-9-14(7-2-8-15-11)10-12-3-5-13-6-4-12;/h11-13H,2-10H2,1H3;1H. The van der Waals surface area contributed by atoms with Crippen molar-refractivity contribution in [1.29, 1.82) is 0 Å². The lowest BCUT2D eigenvalue weighted by molar-refractivity contribution is 0.0646. The van der Waals surface area contributed by atoms with E-state index in [1.165, 1.54) is 45.4 Å². The van der Waals surface area contributed by atoms with E-state index in [9.17, 15) is 0 Å². The zero-order valence-corrected chi connectivity index (χ0v) is 11.1. The third-order valence-electron chi connectivity index (χ3n) is 3.51. The second-order valence-corrected chi connectivity index (χ2v) is 4.99. The Bertz CT molecular complexity index is 186. The van der Waals surface area contributed by atoms with Gasteiger partial charge in [0.15, 0.2) is 0 Å². The minimum absolute atomic E-state index is 0. The molecule has 2 rings (SSSR count). The van der Waals surface area contributed by atoms with Crippen LogP contribution >= 0.6 is 12.4 Å². The predicted molar refractivity (Wildman–Crippen MR) is 69.3 cm³/mol. The SMILES string of the molecule is CC1CN(CC2CCNCC2)CCCO1.Cl. The van der Waals surface area contributed by atoms with Gasteiger partial charge in [0.1, 0.15) is 0 Å². The first-order valence-electron chi connectivity index (χ1n) is 6.39. The molecule has 2 heterocycles. The zero-order valence-electron chi connectivity index (χ0n) is 10.3. The highest BCUT2D eigenvalue weighted by atomic mass is 35.5. The van der Waals surface area contributed by atoms with Gasteiger partial charge in [-0.3, -0.25) is 0 Å². The van der Waals surface area contributed by atoms with Crippen LogP contribution in [0.25, 0.3) is 0 Å². The molecule has 0 aromatic carbocycles. The van der Waals surface area contributed by atoms with Gasteiger partial charge in [0, 0.05) is 26.2 Å². The molecular formula is C12H25ClN2O. The van der Waals surface area contributed by atoms with E-state index >= 15 is 0 Å². The molecule has 0 aromatic heterocycles. The fourth-order valence-electron chi connectivity index (χ4n) is 2.68. The van der Waals surface area contributed by atoms with Gasteiger partial charge in [-0.25, -0.2) is 0 Å². The Morgan fingerprint density at radius 1 is 1.31 bits per heavy atom. The highest BCUT2D eigenvalue weighted by molar-refractivity contribution is 5.85. The van der Waals surface area contributed by atoms with E-state index in [0.29, 0.717) is 6.10 Å². The minimum Gasteiger partial charge on any atom is -0.377 e. The molecule has 1 atom stereocenters. The maximum Gasteiger partial charge on any atom is 0.0673 e. The van der Waals surface area contributed by atoms with Crippen molar-refractivity contribution < 1.29 is 4.74 Å². The average Bonchev–Trinajstić information content (AvgIpc) is 2.44. The van der Waals surface area contributed by atoms with Crippen LogP contribution in [0.3, 0.4) is 0 Å². The van der Waals surface area contributed by atoms with Gasteiger partial charge < -0.3 is 15.0 Å². The van der Waals surface area contributed by atoms with Gasteiger partial charge in [-0.05, 0) is 45.2 Å². The minimum atomic E-state index is 0. The molecule has 0 amide bonds. The topological polar surface area (TPSA) is 24.5 Å². The summed E-state index contributed by atoms with van der Waals surface area (Å²) < 4.78 is 5.67. The van der Waals surface area contributed by atoms with Crippen molar-refractivity contribution >= 4 is 12.4 Å². The number of rotatable bonds is 2. The van der Waals surface area contributed by atoms with Crippen molar-refractivity contribution in [2.45, 2.75) is 32.3 Å². The van der Waals surface area contributed by atoms with Crippen molar-refractivity contribution in [3.8, 4) is 0 Å². The molecule has 0 radical (unpaired) electrons. The Morgan fingerprint density at radius 3 is 2.81 bits per heavy atom. The summed E-state index contributed by atoms with van der Waals surface area (Å²) in [7, 11) is 0. The second-order valence-electron chi connectivity index (χ2n) is 4.99. The number of hydrogen-bond acceptors (Lipinski definition) is 3. The van der Waals surface area contributed by atoms with Crippen LogP contribution in [0.1, 0.15) is 26.2 Å². The molecule has 0 saturated carbocycles. The van der Waals surface area contributed by atoms with Crippen LogP contribution in [0.5, 0.6) is 0 Å². The lowest BCUT2D eigenvalue weighted by Crippen LogP contribution is -2.38. The van der Waals surface area contributed by atoms with Crippen molar-refractivity contribution in [1.82, 2.24) is 10.2 Å². The van der Waals surface area contributed by atoms with E-state index in [1.807, 2.05) is 0 Å². The zero-order chi connectivity index (χ0) is 10.5. The van der Waals surface area contributed by atoms with Gasteiger partial charge in [-0.15, -0.1) is 12.4 Å². The molecule has 2 fully saturated rings. The highest BCUT2D eigenvalue weighted by Gasteiger charge is 2.20. The highest BCUT2D eigenvalue weighted by Crippen LogP contribution is 2.15. The van der Waals surface area contributed by atoms with Crippen molar-refractivity contribution in [2.75, 3.05) is 39.3 Å². The Hall–Kier alpha value is 0.170. The van der Waals surface area contributed by atoms with E-state index in [-0.39, 0.29) is 12.4 Å². The van der Waals surface area contributed by atoms with Crippen LogP contribution in [-0.4, -0.2) is 50.3 Å². The molecule has 96 valence electrons. The summed E-state index contributed by atoms with van der Waals surface area (Å²) in [6.07, 6.45) is 4.33. The molecule has 1 unspecified atom stereocenters. The van der Waals surface area contributed by atoms with Crippen LogP contribution in [0.4, 0.5) is 0 Å². The molecule has 0 aliphatic carbocycles. The fourth-order valence-corrected chi connectivity index (χ4v) is 2.68. The summed E-state index contributed by atoms with van der Waals surface area (Å²) in [4.78, 5) is 2.60. The molecule has 4 heteroatoms. The van der Waals surface area contributed by atoms with E-state index in [1.54, 1.807) is 0 Å². The molecule has 0 aromatic rings. The van der Waals surface area contributed by atoms with Crippen LogP contribution < -0.4 is 5.32 Å². The normalized spacial score (nSPS) is 29.4. The largest absolute Gasteiger partial charge is 0.377 e. The molecule has 0 spiro atoms. The number of nitrogens with one attached hydrogen (secondary N) is 1. The Kier molecular flexibility index (Phi) is 6.66. The lowest BCUT2D eigenvalue weighted by atomic mass is 9.97. The molecule has 3 nitrogen and oxygen atoms in total. The van der Waals surface area contributed by atoms with Gasteiger partial charge in [0.05, 0.1) is 6.10 Å². The van der Waals surface area contributed by atoms with Crippen LogP contribution in [-0.2, 0) is 4.74 Å². The molecule has 2 aliphatic heterocycles. The second kappa shape index (κ2) is 7.49. The Balaban J connectivity index is 0.00000128. The third kappa shape index (κ3) is 4.58. The van der Waals surface area contributed by atoms with Gasteiger partial charge in [-0.2, -0.15) is 0 Å². The number of nitrogens with zero attached hydrogens (tertiary/aromatic N) is 1. The average molecular weight is 249 g/mol. The maximum atomic E-state index is 5.67. The summed E-state index contributed by atoms with van der Waals surface area (Å²) >= 11 is 0. The first-order chi connectivity index (χ1) is 7.34. The summed E-state index contributed by atoms with van der Waals surface area (Å²) in [6.45, 7) is 9.22. The van der Waals surface area contributed by atoms with E-state index < -0.39 is 0 Å². The number of piperidine rings is 1. The molecule has 2 aliphatic rings. The van der Waals surface area contributed by atoms with E-state index in [4.69, 9.17) is 4.74 Å². The Labute approximate surface area is 105 Å². The molecular weight excluding hydrogens is 224 g/mol. The van der Waals surface area contributed by atoms with Gasteiger partial charge >= 0.3 is 0 Å². The lowest BCUT2D eigenvalue weighted by Gasteiger charge is -2.29. The number of hydrogen-bond donors (Lipinski definition) is 1. The number of ether oxygens (including phenoxy) is 1. The quantitative estimate of drug-likeness (QED) is 0.802. The third-order valence-corrected chi connectivity index (χ3v) is 3.51. The smallest absolute Gasteiger partial charge is 0.0673 e. The van der Waals surface area contributed by atoms with Crippen molar-refractivity contribution in [3.05, 3.63) is 0 Å². The summed E-state index contributed by atoms with van der Waals surface area (Å²) in [5, 5.41) is 3.43. The van der Waals surface area contributed by atoms with Crippen molar-refractivity contribution in [3.63, 3.8) is 0 Å². The van der Waals surface area contributed by atoms with Gasteiger partial charge in [0.25, 0.3) is 0 Å². The van der Waals surface area contributed by atoms with Crippen LogP contribution in [0.2, 0.25) is 0 Å². The van der Waals surface area contributed by atoms with Crippen molar-refractivity contribution in [2.24, 2.45) is 5.92 Å². The maximum absolute atomic E-state index is 5.67. The fraction of sp³-hybridized carbons (Fsp3) is 1.00. The summed E-state index contributed by atoms with van der Waals surface area (Å²) in [5.74, 6) is 0.913. The number of halogens is 1. The summed E-state index contributed by atoms with van der Waals surface area (Å²) in [6, 6.07) is 0. The first-order valence-corrected chi connectivity index (χ1v) is 6.39.